The molecule has 70 valence electrons. The Balaban J connectivity index is 2.75. The highest BCUT2D eigenvalue weighted by atomic mass is 16.6. The second kappa shape index (κ2) is 3.86. The normalized spacial score (nSPS) is 13.4. The Kier molecular flexibility index (Phi) is 2.81. The van der Waals surface area contributed by atoms with Gasteiger partial charge in [-0.05, 0) is 19.1 Å². The van der Waals surface area contributed by atoms with E-state index in [1.54, 1.807) is 19.1 Å². The van der Waals surface area contributed by atoms with Gasteiger partial charge in [-0.25, -0.2) is 0 Å². The summed E-state index contributed by atoms with van der Waals surface area (Å²) in [4.78, 5) is 9.64. The zero-order valence-corrected chi connectivity index (χ0v) is 7.14. The van der Waals surface area contributed by atoms with E-state index in [-0.39, 0.29) is 11.9 Å². The van der Waals surface area contributed by atoms with Crippen LogP contribution in [0.4, 0.5) is 5.88 Å². The van der Waals surface area contributed by atoms with Gasteiger partial charge in [0.1, 0.15) is 10.7 Å². The minimum Gasteiger partial charge on any atom is -0.401 e. The zero-order valence-electron chi connectivity index (χ0n) is 7.14. The van der Waals surface area contributed by atoms with Crippen LogP contribution in [-0.4, -0.2) is 11.0 Å². The van der Waals surface area contributed by atoms with Crippen LogP contribution in [-0.2, 0) is 0 Å². The lowest BCUT2D eigenvalue weighted by molar-refractivity contribution is -0.402. The minimum atomic E-state index is -0.580. The number of nitrogens with two attached hydrogens (primary N) is 1. The van der Waals surface area contributed by atoms with E-state index in [0.717, 1.165) is 0 Å². The van der Waals surface area contributed by atoms with Crippen molar-refractivity contribution in [2.75, 3.05) is 0 Å². The van der Waals surface area contributed by atoms with Crippen LogP contribution in [0.1, 0.15) is 12.7 Å². The minimum absolute atomic E-state index is 0.0934. The van der Waals surface area contributed by atoms with Crippen LogP contribution in [0, 0.1) is 10.1 Å². The fourth-order valence-electron chi connectivity index (χ4n) is 0.777. The van der Waals surface area contributed by atoms with Gasteiger partial charge in [-0.3, -0.25) is 10.1 Å². The molecule has 0 spiro atoms. The largest absolute Gasteiger partial charge is 0.433 e. The Morgan fingerprint density at radius 2 is 2.38 bits per heavy atom. The smallest absolute Gasteiger partial charge is 0.401 e. The maximum Gasteiger partial charge on any atom is 0.433 e. The molecule has 0 saturated heterocycles. The molecule has 0 saturated carbocycles. The van der Waals surface area contributed by atoms with Crippen molar-refractivity contribution in [2.24, 2.45) is 5.73 Å². The predicted octanol–water partition coefficient (Wildman–Crippen LogP) is 1.55. The van der Waals surface area contributed by atoms with Crippen LogP contribution in [0.15, 0.2) is 22.6 Å². The van der Waals surface area contributed by atoms with E-state index in [2.05, 4.69) is 0 Å². The number of hydrogen-bond donors (Lipinski definition) is 1. The van der Waals surface area contributed by atoms with Crippen LogP contribution < -0.4 is 5.73 Å². The van der Waals surface area contributed by atoms with Gasteiger partial charge in [0.05, 0.1) is 6.07 Å². The lowest BCUT2D eigenvalue weighted by Crippen LogP contribution is -2.09. The van der Waals surface area contributed by atoms with Crippen LogP contribution in [0.3, 0.4) is 0 Å². The fraction of sp³-hybridized carbons (Fsp3) is 0.250. The molecule has 0 amide bonds. The van der Waals surface area contributed by atoms with Crippen molar-refractivity contribution >= 4 is 12.0 Å². The molecule has 0 aliphatic carbocycles. The summed E-state index contributed by atoms with van der Waals surface area (Å²) < 4.78 is 4.85. The van der Waals surface area contributed by atoms with Crippen molar-refractivity contribution in [3.63, 3.8) is 0 Å². The van der Waals surface area contributed by atoms with Gasteiger partial charge < -0.3 is 10.2 Å². The first kappa shape index (κ1) is 9.47. The van der Waals surface area contributed by atoms with Crippen molar-refractivity contribution in [2.45, 2.75) is 13.0 Å². The van der Waals surface area contributed by atoms with Gasteiger partial charge in [0, 0.05) is 6.04 Å². The molecule has 1 unspecified atom stereocenters. The molecule has 0 radical (unpaired) electrons. The summed E-state index contributed by atoms with van der Waals surface area (Å²) in [6.07, 6.45) is 3.31. The van der Waals surface area contributed by atoms with Gasteiger partial charge in [0.15, 0.2) is 0 Å². The molecule has 1 aromatic heterocycles. The van der Waals surface area contributed by atoms with Gasteiger partial charge in [-0.1, -0.05) is 6.08 Å². The lowest BCUT2D eigenvalue weighted by atomic mass is 10.3. The van der Waals surface area contributed by atoms with Gasteiger partial charge in [0.2, 0.25) is 0 Å². The highest BCUT2D eigenvalue weighted by Gasteiger charge is 2.09. The van der Waals surface area contributed by atoms with E-state index in [1.807, 2.05) is 0 Å². The van der Waals surface area contributed by atoms with Gasteiger partial charge in [-0.15, -0.1) is 0 Å². The average molecular weight is 182 g/mol. The van der Waals surface area contributed by atoms with E-state index in [0.29, 0.717) is 5.76 Å². The Morgan fingerprint density at radius 1 is 1.69 bits per heavy atom. The lowest BCUT2D eigenvalue weighted by Gasteiger charge is -1.91. The van der Waals surface area contributed by atoms with Crippen LogP contribution in [0.5, 0.6) is 0 Å². The molecule has 0 aromatic carbocycles. The average Bonchev–Trinajstić information content (AvgIpc) is 2.48. The summed E-state index contributed by atoms with van der Waals surface area (Å²) in [6.45, 7) is 1.80. The molecular formula is C8H10N2O3. The van der Waals surface area contributed by atoms with E-state index in [4.69, 9.17) is 10.2 Å². The standard InChI is InChI=1S/C8H10N2O3/c1-6(9)2-3-7-4-5-8(13-7)10(11)12/h2-6H,9H2,1H3/b3-2+. The summed E-state index contributed by atoms with van der Waals surface area (Å²) >= 11 is 0. The molecule has 5 nitrogen and oxygen atoms in total. The highest BCUT2D eigenvalue weighted by molar-refractivity contribution is 5.45. The molecule has 2 N–H and O–H groups in total. The predicted molar refractivity (Wildman–Crippen MR) is 48.0 cm³/mol. The molecule has 1 rings (SSSR count). The summed E-state index contributed by atoms with van der Waals surface area (Å²) in [6, 6.07) is 2.74. The number of furan rings is 1. The van der Waals surface area contributed by atoms with Gasteiger partial charge in [0.25, 0.3) is 0 Å². The van der Waals surface area contributed by atoms with E-state index in [9.17, 15) is 10.1 Å². The monoisotopic (exact) mass is 182 g/mol. The van der Waals surface area contributed by atoms with Crippen molar-refractivity contribution < 1.29 is 9.34 Å². The first-order chi connectivity index (χ1) is 6.09. The third-order valence-corrected chi connectivity index (χ3v) is 1.36. The fourth-order valence-corrected chi connectivity index (χ4v) is 0.777. The Labute approximate surface area is 75.0 Å². The number of nitrogens with zero attached hydrogens (tertiary/aromatic N) is 1. The van der Waals surface area contributed by atoms with E-state index in [1.165, 1.54) is 12.1 Å². The Morgan fingerprint density at radius 3 is 2.85 bits per heavy atom. The number of hydrogen-bond acceptors (Lipinski definition) is 4. The molecule has 0 aliphatic heterocycles. The second-order valence-electron chi connectivity index (χ2n) is 2.65. The Bertz CT molecular complexity index is 328. The summed E-state index contributed by atoms with van der Waals surface area (Å²) in [5, 5.41) is 10.2. The quantitative estimate of drug-likeness (QED) is 0.567. The topological polar surface area (TPSA) is 82.3 Å². The summed E-state index contributed by atoms with van der Waals surface area (Å²) in [5.41, 5.74) is 5.44. The number of nitro groups is 1. The molecule has 5 heteroatoms. The molecule has 1 heterocycles. The third kappa shape index (κ3) is 2.72. The molecule has 1 aromatic rings. The molecule has 0 fully saturated rings. The molecule has 0 bridgehead atoms. The van der Waals surface area contributed by atoms with Crippen LogP contribution >= 0.6 is 0 Å². The van der Waals surface area contributed by atoms with Crippen molar-refractivity contribution in [1.82, 2.24) is 0 Å². The molecular weight excluding hydrogens is 172 g/mol. The molecule has 13 heavy (non-hydrogen) atoms. The highest BCUT2D eigenvalue weighted by Crippen LogP contribution is 2.16. The first-order valence-electron chi connectivity index (χ1n) is 3.77. The van der Waals surface area contributed by atoms with Crippen molar-refractivity contribution in [3.05, 3.63) is 34.1 Å². The summed E-state index contributed by atoms with van der Waals surface area (Å²) in [5.74, 6) is 0.174. The van der Waals surface area contributed by atoms with Crippen molar-refractivity contribution in [3.8, 4) is 0 Å². The van der Waals surface area contributed by atoms with Crippen molar-refractivity contribution in [1.29, 1.82) is 0 Å². The van der Waals surface area contributed by atoms with Gasteiger partial charge in [-0.2, -0.15) is 0 Å². The maximum absolute atomic E-state index is 10.2. The number of rotatable bonds is 3. The van der Waals surface area contributed by atoms with E-state index < -0.39 is 4.92 Å². The first-order valence-corrected chi connectivity index (χ1v) is 3.77. The van der Waals surface area contributed by atoms with Crippen LogP contribution in [0.25, 0.3) is 6.08 Å². The third-order valence-electron chi connectivity index (χ3n) is 1.36. The summed E-state index contributed by atoms with van der Waals surface area (Å²) in [7, 11) is 0. The SMILES string of the molecule is CC(N)/C=C/c1ccc([N+](=O)[O-])o1. The molecule has 0 aliphatic rings. The van der Waals surface area contributed by atoms with E-state index >= 15 is 0 Å². The Hall–Kier alpha value is -1.62. The zero-order chi connectivity index (χ0) is 9.84. The maximum atomic E-state index is 10.2. The van der Waals surface area contributed by atoms with Crippen LogP contribution in [0.2, 0.25) is 0 Å². The second-order valence-corrected chi connectivity index (χ2v) is 2.65. The molecule has 1 atom stereocenters. The van der Waals surface area contributed by atoms with Gasteiger partial charge >= 0.3 is 5.88 Å².